The Bertz CT molecular complexity index is 1090. The number of anilines is 1. The van der Waals surface area contributed by atoms with Gasteiger partial charge in [0.2, 0.25) is 0 Å². The fourth-order valence-electron chi connectivity index (χ4n) is 2.60. The molecule has 0 bridgehead atoms. The van der Waals surface area contributed by atoms with Crippen LogP contribution in [-0.2, 0) is 0 Å². The number of rotatable bonds is 3. The summed E-state index contributed by atoms with van der Waals surface area (Å²) in [6, 6.07) is 9.29. The van der Waals surface area contributed by atoms with Crippen LogP contribution >= 0.6 is 12.2 Å². The number of carbonyl (C=O) groups excluding carboxylic acids is 1. The Kier molecular flexibility index (Phi) is 3.92. The monoisotopic (exact) mass is 393 g/mol. The van der Waals surface area contributed by atoms with Crippen molar-refractivity contribution in [1.29, 1.82) is 0 Å². The Morgan fingerprint density at radius 2 is 1.81 bits per heavy atom. The largest absolute Gasteiger partial charge is 0.586 e. The van der Waals surface area contributed by atoms with Gasteiger partial charge in [0.25, 0.3) is 5.91 Å². The van der Waals surface area contributed by atoms with Crippen LogP contribution in [0.1, 0.15) is 10.5 Å². The molecule has 0 fully saturated rings. The van der Waals surface area contributed by atoms with Gasteiger partial charge in [-0.2, -0.15) is 0 Å². The lowest BCUT2D eigenvalue weighted by Crippen LogP contribution is -2.25. The quantitative estimate of drug-likeness (QED) is 0.653. The van der Waals surface area contributed by atoms with Gasteiger partial charge in [-0.15, -0.1) is 8.78 Å². The Hall–Kier alpha value is -3.27. The molecule has 1 amide bonds. The number of nitrogens with one attached hydrogen (secondary N) is 2. The van der Waals surface area contributed by atoms with Crippen molar-refractivity contribution in [2.75, 3.05) is 5.32 Å². The van der Waals surface area contributed by atoms with Crippen molar-refractivity contribution in [1.82, 2.24) is 9.55 Å². The van der Waals surface area contributed by atoms with Gasteiger partial charge in [0.05, 0.1) is 0 Å². The maximum absolute atomic E-state index is 13.1. The number of halogens is 3. The number of aromatic amines is 1. The minimum Gasteiger partial charge on any atom is -0.395 e. The molecule has 10 heteroatoms. The second-order valence-corrected chi connectivity index (χ2v) is 5.96. The number of carbonyl (C=O) groups is 1. The van der Waals surface area contributed by atoms with Crippen LogP contribution in [0.25, 0.3) is 5.69 Å². The lowest BCUT2D eigenvalue weighted by atomic mass is 10.2. The number of H-pyrrole nitrogens is 1. The van der Waals surface area contributed by atoms with Gasteiger partial charge >= 0.3 is 6.29 Å². The Balaban J connectivity index is 1.62. The number of ether oxygens (including phenoxy) is 2. The highest BCUT2D eigenvalue weighted by molar-refractivity contribution is 7.71. The zero-order chi connectivity index (χ0) is 19.2. The van der Waals surface area contributed by atoms with Crippen LogP contribution in [-0.4, -0.2) is 21.8 Å². The van der Waals surface area contributed by atoms with E-state index in [2.05, 4.69) is 19.8 Å². The van der Waals surface area contributed by atoms with Crippen LogP contribution in [0.4, 0.5) is 18.9 Å². The van der Waals surface area contributed by atoms with E-state index in [1.165, 1.54) is 53.2 Å². The number of fused-ring (bicyclic) bond motifs is 1. The Morgan fingerprint density at radius 1 is 1.11 bits per heavy atom. The normalized spacial score (nSPS) is 14.2. The molecule has 4 rings (SSSR count). The van der Waals surface area contributed by atoms with E-state index in [0.717, 1.165) is 0 Å². The first kappa shape index (κ1) is 17.2. The zero-order valence-corrected chi connectivity index (χ0v) is 14.1. The second kappa shape index (κ2) is 6.16. The van der Waals surface area contributed by atoms with Gasteiger partial charge in [0.1, 0.15) is 11.5 Å². The van der Waals surface area contributed by atoms with Crippen LogP contribution in [0.3, 0.4) is 0 Å². The molecular weight excluding hydrogens is 383 g/mol. The number of alkyl halides is 2. The molecule has 0 spiro atoms. The molecule has 2 heterocycles. The van der Waals surface area contributed by atoms with Crippen molar-refractivity contribution in [3.8, 4) is 17.2 Å². The zero-order valence-electron chi connectivity index (χ0n) is 13.3. The summed E-state index contributed by atoms with van der Waals surface area (Å²) in [7, 11) is 0. The minimum absolute atomic E-state index is 0.131. The smallest absolute Gasteiger partial charge is 0.395 e. The molecule has 2 aromatic carbocycles. The maximum atomic E-state index is 13.1. The molecule has 0 radical (unpaired) electrons. The number of imidazole rings is 1. The average molecular weight is 393 g/mol. The summed E-state index contributed by atoms with van der Waals surface area (Å²) in [6.07, 6.45) is -2.35. The molecule has 1 aliphatic rings. The molecule has 0 unspecified atom stereocenters. The average Bonchev–Trinajstić information content (AvgIpc) is 3.13. The maximum Gasteiger partial charge on any atom is 0.586 e. The topological polar surface area (TPSA) is 68.3 Å². The molecule has 2 N–H and O–H groups in total. The molecule has 1 aromatic heterocycles. The molecule has 27 heavy (non-hydrogen) atoms. The summed E-state index contributed by atoms with van der Waals surface area (Å²) in [6.45, 7) is 0. The van der Waals surface area contributed by atoms with Crippen LogP contribution in [0, 0.1) is 10.6 Å². The lowest BCUT2D eigenvalue weighted by molar-refractivity contribution is -0.286. The van der Waals surface area contributed by atoms with E-state index in [4.69, 9.17) is 12.2 Å². The van der Waals surface area contributed by atoms with Gasteiger partial charge in [-0.3, -0.25) is 9.36 Å². The molecule has 0 aliphatic carbocycles. The van der Waals surface area contributed by atoms with E-state index in [1.54, 1.807) is 0 Å². The van der Waals surface area contributed by atoms with Gasteiger partial charge in [-0.25, -0.2) is 4.39 Å². The van der Waals surface area contributed by atoms with Crippen molar-refractivity contribution < 1.29 is 27.4 Å². The first-order valence-corrected chi connectivity index (χ1v) is 8.01. The number of hydrogen-bond acceptors (Lipinski definition) is 4. The summed E-state index contributed by atoms with van der Waals surface area (Å²) in [5, 5.41) is 2.57. The van der Waals surface area contributed by atoms with Crippen molar-refractivity contribution in [2.24, 2.45) is 0 Å². The molecule has 6 nitrogen and oxygen atoms in total. The van der Waals surface area contributed by atoms with E-state index >= 15 is 0 Å². The number of hydrogen-bond donors (Lipinski definition) is 2. The molecule has 0 atom stereocenters. The number of aromatic nitrogens is 2. The van der Waals surface area contributed by atoms with Crippen LogP contribution in [0.15, 0.2) is 48.7 Å². The molecule has 138 valence electrons. The van der Waals surface area contributed by atoms with Crippen LogP contribution in [0.2, 0.25) is 0 Å². The molecular formula is C17H10F3N3O3S. The second-order valence-electron chi connectivity index (χ2n) is 5.57. The SMILES string of the molecule is O=C(Nc1ccc2c(c1)OC(F)(F)O2)c1c[nH]c(=S)n1-c1ccc(F)cc1. The van der Waals surface area contributed by atoms with E-state index in [0.29, 0.717) is 5.69 Å². The van der Waals surface area contributed by atoms with Gasteiger partial charge in [0.15, 0.2) is 16.3 Å². The summed E-state index contributed by atoms with van der Waals surface area (Å²) >= 11 is 5.18. The van der Waals surface area contributed by atoms with E-state index in [-0.39, 0.29) is 27.7 Å². The van der Waals surface area contributed by atoms with Crippen LogP contribution in [0.5, 0.6) is 11.5 Å². The third-order valence-corrected chi connectivity index (χ3v) is 4.05. The third kappa shape index (κ3) is 3.26. The first-order valence-electron chi connectivity index (χ1n) is 7.60. The minimum atomic E-state index is -3.74. The van der Waals surface area contributed by atoms with Crippen LogP contribution < -0.4 is 14.8 Å². The van der Waals surface area contributed by atoms with Crippen molar-refractivity contribution >= 4 is 23.8 Å². The molecule has 0 saturated heterocycles. The van der Waals surface area contributed by atoms with Crippen molar-refractivity contribution in [3.63, 3.8) is 0 Å². The standard InChI is InChI=1S/C17H10F3N3O3S/c18-9-1-4-11(5-2-9)23-12(8-21-16(23)27)15(24)22-10-3-6-13-14(7-10)26-17(19,20)25-13/h1-8H,(H,21,27)(H,22,24). The van der Waals surface area contributed by atoms with E-state index < -0.39 is 18.0 Å². The van der Waals surface area contributed by atoms with Gasteiger partial charge in [-0.05, 0) is 48.6 Å². The molecule has 1 aliphatic heterocycles. The predicted molar refractivity (Wildman–Crippen MR) is 91.5 cm³/mol. The Morgan fingerprint density at radius 3 is 2.56 bits per heavy atom. The molecule has 0 saturated carbocycles. The van der Waals surface area contributed by atoms with E-state index in [9.17, 15) is 18.0 Å². The highest BCUT2D eigenvalue weighted by atomic mass is 32.1. The number of nitrogens with zero attached hydrogens (tertiary/aromatic N) is 1. The van der Waals surface area contributed by atoms with Crippen molar-refractivity contribution in [2.45, 2.75) is 6.29 Å². The number of amides is 1. The summed E-state index contributed by atoms with van der Waals surface area (Å²) in [5.74, 6) is -1.31. The summed E-state index contributed by atoms with van der Waals surface area (Å²) in [5.41, 5.74) is 0.852. The lowest BCUT2D eigenvalue weighted by Gasteiger charge is -2.09. The van der Waals surface area contributed by atoms with Crippen molar-refractivity contribution in [3.05, 3.63) is 64.9 Å². The fraction of sp³-hybridized carbons (Fsp3) is 0.0588. The Labute approximate surface area is 155 Å². The van der Waals surface area contributed by atoms with Gasteiger partial charge in [0, 0.05) is 23.6 Å². The summed E-state index contributed by atoms with van der Waals surface area (Å²) in [4.78, 5) is 15.4. The van der Waals surface area contributed by atoms with E-state index in [1.807, 2.05) is 0 Å². The van der Waals surface area contributed by atoms with Gasteiger partial charge < -0.3 is 19.8 Å². The molecule has 3 aromatic rings. The third-order valence-electron chi connectivity index (χ3n) is 3.75. The fourth-order valence-corrected chi connectivity index (χ4v) is 2.87. The number of benzene rings is 2. The highest BCUT2D eigenvalue weighted by Gasteiger charge is 2.43. The first-order chi connectivity index (χ1) is 12.8. The van der Waals surface area contributed by atoms with Gasteiger partial charge in [-0.1, -0.05) is 0 Å². The highest BCUT2D eigenvalue weighted by Crippen LogP contribution is 2.42. The predicted octanol–water partition coefficient (Wildman–Crippen LogP) is 4.25. The summed E-state index contributed by atoms with van der Waals surface area (Å²) < 4.78 is 49.6.